The zero-order valence-electron chi connectivity index (χ0n) is 15.4. The summed E-state index contributed by atoms with van der Waals surface area (Å²) in [5, 5.41) is 0. The fraction of sp³-hybridized carbons (Fsp3) is 0.500. The normalized spacial score (nSPS) is 15.2. The Morgan fingerprint density at radius 1 is 1.00 bits per heavy atom. The maximum absolute atomic E-state index is 4.74. The molecule has 0 spiro atoms. The molecule has 0 aliphatic carbocycles. The molecule has 2 rings (SSSR count). The Labute approximate surface area is 147 Å². The summed E-state index contributed by atoms with van der Waals surface area (Å²) in [4.78, 5) is 8.12. The molecule has 0 amide bonds. The van der Waals surface area contributed by atoms with E-state index in [1.807, 2.05) is 6.08 Å². The molecule has 1 aliphatic heterocycles. The van der Waals surface area contributed by atoms with Crippen LogP contribution in [0, 0.1) is 13.8 Å². The number of nitrogens with one attached hydrogen (secondary N) is 1. The highest BCUT2D eigenvalue weighted by atomic mass is 14.8. The molecule has 0 saturated carbocycles. The molecule has 0 aromatic carbocycles. The second-order valence-electron chi connectivity index (χ2n) is 6.86. The van der Waals surface area contributed by atoms with Gasteiger partial charge in [-0.25, -0.2) is 0 Å². The van der Waals surface area contributed by atoms with Gasteiger partial charge in [-0.15, -0.1) is 6.58 Å². The van der Waals surface area contributed by atoms with E-state index in [2.05, 4.69) is 49.7 Å². The summed E-state index contributed by atoms with van der Waals surface area (Å²) in [7, 11) is 0. The minimum Gasteiger partial charge on any atom is -0.359 e. The highest BCUT2D eigenvalue weighted by molar-refractivity contribution is 5.99. The van der Waals surface area contributed by atoms with Gasteiger partial charge in [0.05, 0.1) is 5.70 Å². The minimum atomic E-state index is 1.07. The molecule has 130 valence electrons. The Morgan fingerprint density at radius 2 is 1.71 bits per heavy atom. The van der Waals surface area contributed by atoms with Crippen molar-refractivity contribution in [1.82, 2.24) is 4.98 Å². The van der Waals surface area contributed by atoms with Crippen LogP contribution in [-0.4, -0.2) is 10.7 Å². The van der Waals surface area contributed by atoms with Crippen molar-refractivity contribution in [1.29, 1.82) is 0 Å². The summed E-state index contributed by atoms with van der Waals surface area (Å²) in [5.74, 6) is 0. The van der Waals surface area contributed by atoms with Crippen molar-refractivity contribution in [3.05, 3.63) is 53.5 Å². The zero-order valence-corrected chi connectivity index (χ0v) is 15.4. The molecule has 0 saturated heterocycles. The van der Waals surface area contributed by atoms with Crippen molar-refractivity contribution >= 4 is 11.8 Å². The molecule has 0 radical (unpaired) electrons. The molecule has 0 atom stereocenters. The van der Waals surface area contributed by atoms with E-state index in [9.17, 15) is 0 Å². The van der Waals surface area contributed by atoms with Crippen LogP contribution in [-0.2, 0) is 0 Å². The van der Waals surface area contributed by atoms with E-state index in [-0.39, 0.29) is 0 Å². The van der Waals surface area contributed by atoms with Gasteiger partial charge in [-0.05, 0) is 69.4 Å². The predicted molar refractivity (Wildman–Crippen MR) is 107 cm³/mol. The average Bonchev–Trinajstić information content (AvgIpc) is 3.12. The first-order chi connectivity index (χ1) is 11.7. The van der Waals surface area contributed by atoms with Crippen molar-refractivity contribution in [3.8, 4) is 0 Å². The number of aryl methyl sites for hydroxylation is 2. The van der Waals surface area contributed by atoms with E-state index in [4.69, 9.17) is 4.99 Å². The molecule has 24 heavy (non-hydrogen) atoms. The molecule has 1 N–H and O–H groups in total. The van der Waals surface area contributed by atoms with Crippen molar-refractivity contribution in [2.75, 3.05) is 0 Å². The van der Waals surface area contributed by atoms with E-state index in [0.29, 0.717) is 0 Å². The summed E-state index contributed by atoms with van der Waals surface area (Å²) in [6.45, 7) is 7.99. The monoisotopic (exact) mass is 324 g/mol. The molecule has 2 nitrogen and oxygen atoms in total. The van der Waals surface area contributed by atoms with E-state index in [1.54, 1.807) is 0 Å². The molecule has 0 bridgehead atoms. The van der Waals surface area contributed by atoms with E-state index in [0.717, 1.165) is 12.1 Å². The Hall–Kier alpha value is -1.83. The lowest BCUT2D eigenvalue weighted by Gasteiger charge is -2.01. The van der Waals surface area contributed by atoms with Gasteiger partial charge >= 0.3 is 0 Å². The first-order valence-corrected chi connectivity index (χ1v) is 9.43. The number of nitrogens with zero attached hydrogens (tertiary/aromatic N) is 1. The number of hydrogen-bond acceptors (Lipinski definition) is 1. The van der Waals surface area contributed by atoms with Gasteiger partial charge in [0.25, 0.3) is 0 Å². The quantitative estimate of drug-likeness (QED) is 0.347. The molecule has 1 aromatic heterocycles. The van der Waals surface area contributed by atoms with Gasteiger partial charge in [0.1, 0.15) is 0 Å². The third kappa shape index (κ3) is 6.35. The lowest BCUT2D eigenvalue weighted by Crippen LogP contribution is -1.90. The smallest absolute Gasteiger partial charge is 0.0654 e. The standard InChI is InChI=1S/C22H32N2/c1-4-5-6-7-8-9-10-11-12-13-20-14-15-21(24-20)17-22-18(2)16-19(3)23-22/h4,14-17,23H,1,5-13H2,2-3H3/b21-17-. The molecular formula is C22H32N2. The van der Waals surface area contributed by atoms with Crippen LogP contribution in [0.4, 0.5) is 0 Å². The third-order valence-corrected chi connectivity index (χ3v) is 4.54. The van der Waals surface area contributed by atoms with Gasteiger partial charge in [0, 0.05) is 17.1 Å². The number of aromatic amines is 1. The van der Waals surface area contributed by atoms with Gasteiger partial charge in [0.2, 0.25) is 0 Å². The van der Waals surface area contributed by atoms with Crippen LogP contribution in [0.5, 0.6) is 0 Å². The summed E-state index contributed by atoms with van der Waals surface area (Å²) >= 11 is 0. The van der Waals surface area contributed by atoms with Crippen molar-refractivity contribution < 1.29 is 0 Å². The van der Waals surface area contributed by atoms with Crippen LogP contribution in [0.3, 0.4) is 0 Å². The van der Waals surface area contributed by atoms with E-state index < -0.39 is 0 Å². The van der Waals surface area contributed by atoms with Crippen LogP contribution in [0.25, 0.3) is 6.08 Å². The van der Waals surface area contributed by atoms with Crippen molar-refractivity contribution in [3.63, 3.8) is 0 Å². The Bertz CT molecular complexity index is 614. The SMILES string of the molecule is C=CCCCCCCCCCC1=N/C(=C\c2[nH]c(C)cc2C)C=C1. The first kappa shape index (κ1) is 18.5. The Morgan fingerprint density at radius 3 is 2.38 bits per heavy atom. The van der Waals surface area contributed by atoms with Gasteiger partial charge in [-0.2, -0.15) is 0 Å². The van der Waals surface area contributed by atoms with Gasteiger partial charge in [-0.1, -0.05) is 38.2 Å². The maximum Gasteiger partial charge on any atom is 0.0654 e. The van der Waals surface area contributed by atoms with Gasteiger partial charge < -0.3 is 4.98 Å². The maximum atomic E-state index is 4.74. The molecule has 2 heteroatoms. The topological polar surface area (TPSA) is 28.1 Å². The fourth-order valence-corrected chi connectivity index (χ4v) is 3.17. The lowest BCUT2D eigenvalue weighted by molar-refractivity contribution is 0.586. The average molecular weight is 325 g/mol. The summed E-state index contributed by atoms with van der Waals surface area (Å²) < 4.78 is 0. The second kappa shape index (κ2) is 10.1. The largest absolute Gasteiger partial charge is 0.359 e. The number of aromatic nitrogens is 1. The van der Waals surface area contributed by atoms with Gasteiger partial charge in [-0.3, -0.25) is 4.99 Å². The van der Waals surface area contributed by atoms with E-state index >= 15 is 0 Å². The Balaban J connectivity index is 1.63. The molecule has 0 fully saturated rings. The number of rotatable bonds is 11. The highest BCUT2D eigenvalue weighted by Crippen LogP contribution is 2.19. The summed E-state index contributed by atoms with van der Waals surface area (Å²) in [5.41, 5.74) is 5.96. The summed E-state index contributed by atoms with van der Waals surface area (Å²) in [6, 6.07) is 2.17. The lowest BCUT2D eigenvalue weighted by atomic mass is 10.1. The van der Waals surface area contributed by atoms with Crippen LogP contribution >= 0.6 is 0 Å². The predicted octanol–water partition coefficient (Wildman–Crippen LogP) is 6.68. The number of aliphatic imine (C=N–C) groups is 1. The molecule has 1 aliphatic rings. The minimum absolute atomic E-state index is 1.07. The second-order valence-corrected chi connectivity index (χ2v) is 6.86. The fourth-order valence-electron chi connectivity index (χ4n) is 3.17. The van der Waals surface area contributed by atoms with Crippen LogP contribution in [0.2, 0.25) is 0 Å². The number of hydrogen-bond donors (Lipinski definition) is 1. The number of unbranched alkanes of at least 4 members (excludes halogenated alkanes) is 7. The zero-order chi connectivity index (χ0) is 17.2. The molecular weight excluding hydrogens is 292 g/mol. The molecule has 1 aromatic rings. The summed E-state index contributed by atoms with van der Waals surface area (Å²) in [6.07, 6.45) is 20.1. The van der Waals surface area contributed by atoms with Crippen LogP contribution < -0.4 is 0 Å². The van der Waals surface area contributed by atoms with Crippen molar-refractivity contribution in [2.24, 2.45) is 4.99 Å². The first-order valence-electron chi connectivity index (χ1n) is 9.43. The number of H-pyrrole nitrogens is 1. The number of allylic oxidation sites excluding steroid dienone is 3. The molecule has 2 heterocycles. The third-order valence-electron chi connectivity index (χ3n) is 4.54. The van der Waals surface area contributed by atoms with Gasteiger partial charge in [0.15, 0.2) is 0 Å². The van der Waals surface area contributed by atoms with E-state index in [1.165, 1.54) is 74.0 Å². The van der Waals surface area contributed by atoms with Crippen LogP contribution in [0.15, 0.2) is 41.6 Å². The van der Waals surface area contributed by atoms with Crippen molar-refractivity contribution in [2.45, 2.75) is 71.6 Å². The molecule has 0 unspecified atom stereocenters. The van der Waals surface area contributed by atoms with Crippen LogP contribution in [0.1, 0.15) is 74.7 Å². The Kier molecular flexibility index (Phi) is 7.81. The highest BCUT2D eigenvalue weighted by Gasteiger charge is 2.06.